The molecule has 0 bridgehead atoms. The van der Waals surface area contributed by atoms with E-state index in [0.717, 1.165) is 5.56 Å². The SMILES string of the molecule is CN(c1ccccc1)S(=O)(=O)c1ccc(C(=O)NCc2ccncc2)cc1. The van der Waals surface area contributed by atoms with E-state index in [2.05, 4.69) is 10.3 Å². The molecule has 0 saturated heterocycles. The summed E-state index contributed by atoms with van der Waals surface area (Å²) in [7, 11) is -2.20. The van der Waals surface area contributed by atoms with Gasteiger partial charge in [-0.1, -0.05) is 18.2 Å². The van der Waals surface area contributed by atoms with Crippen molar-refractivity contribution in [2.75, 3.05) is 11.4 Å². The van der Waals surface area contributed by atoms with E-state index >= 15 is 0 Å². The zero-order valence-electron chi connectivity index (χ0n) is 14.7. The minimum Gasteiger partial charge on any atom is -0.348 e. The van der Waals surface area contributed by atoms with Gasteiger partial charge < -0.3 is 5.32 Å². The van der Waals surface area contributed by atoms with Crippen molar-refractivity contribution in [3.63, 3.8) is 0 Å². The first-order valence-electron chi connectivity index (χ1n) is 8.29. The molecule has 0 spiro atoms. The lowest BCUT2D eigenvalue weighted by atomic mass is 10.2. The van der Waals surface area contributed by atoms with Crippen molar-refractivity contribution < 1.29 is 13.2 Å². The highest BCUT2D eigenvalue weighted by atomic mass is 32.2. The number of para-hydroxylation sites is 1. The van der Waals surface area contributed by atoms with E-state index in [1.807, 2.05) is 18.2 Å². The maximum absolute atomic E-state index is 12.7. The van der Waals surface area contributed by atoms with Crippen LogP contribution in [0.5, 0.6) is 0 Å². The molecule has 1 N–H and O–H groups in total. The topological polar surface area (TPSA) is 79.4 Å². The molecule has 0 fully saturated rings. The molecule has 1 amide bonds. The van der Waals surface area contributed by atoms with E-state index in [0.29, 0.717) is 17.8 Å². The molecule has 0 unspecified atom stereocenters. The van der Waals surface area contributed by atoms with Crippen LogP contribution in [-0.2, 0) is 16.6 Å². The van der Waals surface area contributed by atoms with E-state index < -0.39 is 10.0 Å². The maximum Gasteiger partial charge on any atom is 0.264 e. The second kappa shape index (κ2) is 8.01. The predicted octanol–water partition coefficient (Wildman–Crippen LogP) is 2.84. The molecule has 7 heteroatoms. The van der Waals surface area contributed by atoms with Crippen LogP contribution in [0.4, 0.5) is 5.69 Å². The van der Waals surface area contributed by atoms with Crippen LogP contribution in [0.3, 0.4) is 0 Å². The number of benzene rings is 2. The second-order valence-corrected chi connectivity index (χ2v) is 7.84. The van der Waals surface area contributed by atoms with Gasteiger partial charge in [0.15, 0.2) is 0 Å². The number of pyridine rings is 1. The van der Waals surface area contributed by atoms with Gasteiger partial charge in [0.1, 0.15) is 0 Å². The normalized spacial score (nSPS) is 11.0. The molecular weight excluding hydrogens is 362 g/mol. The number of hydrogen-bond donors (Lipinski definition) is 1. The van der Waals surface area contributed by atoms with Crippen molar-refractivity contribution in [3.05, 3.63) is 90.3 Å². The van der Waals surface area contributed by atoms with E-state index in [1.54, 1.807) is 36.7 Å². The van der Waals surface area contributed by atoms with Crippen molar-refractivity contribution in [2.45, 2.75) is 11.4 Å². The van der Waals surface area contributed by atoms with Crippen LogP contribution < -0.4 is 9.62 Å². The number of nitrogens with one attached hydrogen (secondary N) is 1. The number of sulfonamides is 1. The summed E-state index contributed by atoms with van der Waals surface area (Å²) < 4.78 is 26.7. The monoisotopic (exact) mass is 381 g/mol. The van der Waals surface area contributed by atoms with Crippen LogP contribution in [0, 0.1) is 0 Å². The Morgan fingerprint density at radius 3 is 2.22 bits per heavy atom. The summed E-state index contributed by atoms with van der Waals surface area (Å²) in [6.45, 7) is 0.373. The van der Waals surface area contributed by atoms with Crippen LogP contribution >= 0.6 is 0 Å². The maximum atomic E-state index is 12.7. The first-order chi connectivity index (χ1) is 13.0. The molecule has 0 saturated carbocycles. The third kappa shape index (κ3) is 4.32. The van der Waals surface area contributed by atoms with Crippen molar-refractivity contribution in [3.8, 4) is 0 Å². The van der Waals surface area contributed by atoms with Gasteiger partial charge in [0, 0.05) is 31.5 Å². The highest BCUT2D eigenvalue weighted by Crippen LogP contribution is 2.21. The summed E-state index contributed by atoms with van der Waals surface area (Å²) in [5, 5.41) is 2.80. The zero-order chi connectivity index (χ0) is 19.3. The number of anilines is 1. The van der Waals surface area contributed by atoms with Crippen molar-refractivity contribution in [2.24, 2.45) is 0 Å². The van der Waals surface area contributed by atoms with Crippen LogP contribution in [0.2, 0.25) is 0 Å². The summed E-state index contributed by atoms with van der Waals surface area (Å²) in [5.74, 6) is -0.271. The lowest BCUT2D eigenvalue weighted by Crippen LogP contribution is -2.27. The fraction of sp³-hybridized carbons (Fsp3) is 0.100. The number of carbonyl (C=O) groups is 1. The summed E-state index contributed by atoms with van der Waals surface area (Å²) >= 11 is 0. The highest BCUT2D eigenvalue weighted by molar-refractivity contribution is 7.92. The first-order valence-corrected chi connectivity index (χ1v) is 9.73. The number of hydrogen-bond acceptors (Lipinski definition) is 4. The molecule has 27 heavy (non-hydrogen) atoms. The Bertz CT molecular complexity index is 1010. The van der Waals surface area contributed by atoms with Crippen LogP contribution in [0.15, 0.2) is 84.0 Å². The van der Waals surface area contributed by atoms with Crippen molar-refractivity contribution in [1.29, 1.82) is 0 Å². The minimum absolute atomic E-state index is 0.125. The Morgan fingerprint density at radius 2 is 1.59 bits per heavy atom. The Balaban J connectivity index is 1.71. The summed E-state index contributed by atoms with van der Waals surface area (Å²) in [6, 6.07) is 18.3. The van der Waals surface area contributed by atoms with Gasteiger partial charge >= 0.3 is 0 Å². The number of carbonyl (C=O) groups excluding carboxylic acids is 1. The van der Waals surface area contributed by atoms with Gasteiger partial charge in [-0.2, -0.15) is 0 Å². The number of nitrogens with zero attached hydrogens (tertiary/aromatic N) is 2. The van der Waals surface area contributed by atoms with Crippen LogP contribution in [0.1, 0.15) is 15.9 Å². The Morgan fingerprint density at radius 1 is 0.963 bits per heavy atom. The molecule has 6 nitrogen and oxygen atoms in total. The number of aromatic nitrogens is 1. The van der Waals surface area contributed by atoms with Crippen molar-refractivity contribution in [1.82, 2.24) is 10.3 Å². The summed E-state index contributed by atoms with van der Waals surface area (Å²) in [4.78, 5) is 16.3. The molecule has 0 aliphatic heterocycles. The molecule has 138 valence electrons. The average Bonchev–Trinajstić information content (AvgIpc) is 2.73. The quantitative estimate of drug-likeness (QED) is 0.712. The molecule has 0 atom stereocenters. The lowest BCUT2D eigenvalue weighted by molar-refractivity contribution is 0.0951. The molecule has 2 aromatic carbocycles. The molecule has 3 aromatic rings. The smallest absolute Gasteiger partial charge is 0.264 e. The van der Waals surface area contributed by atoms with E-state index in [9.17, 15) is 13.2 Å². The number of rotatable bonds is 6. The molecular formula is C20H19N3O3S. The van der Waals surface area contributed by atoms with E-state index in [1.165, 1.54) is 35.6 Å². The molecule has 3 rings (SSSR count). The zero-order valence-corrected chi connectivity index (χ0v) is 15.6. The van der Waals surface area contributed by atoms with E-state index in [4.69, 9.17) is 0 Å². The summed E-state index contributed by atoms with van der Waals surface area (Å²) in [5.41, 5.74) is 1.89. The summed E-state index contributed by atoms with van der Waals surface area (Å²) in [6.07, 6.45) is 3.31. The van der Waals surface area contributed by atoms with Crippen LogP contribution in [-0.4, -0.2) is 26.4 Å². The van der Waals surface area contributed by atoms with E-state index in [-0.39, 0.29) is 10.8 Å². The van der Waals surface area contributed by atoms with Gasteiger partial charge in [-0.15, -0.1) is 0 Å². The average molecular weight is 381 g/mol. The van der Waals surface area contributed by atoms with Gasteiger partial charge in [0.05, 0.1) is 10.6 Å². The third-order valence-electron chi connectivity index (χ3n) is 4.10. The van der Waals surface area contributed by atoms with Gasteiger partial charge in [0.25, 0.3) is 15.9 Å². The van der Waals surface area contributed by atoms with Crippen LogP contribution in [0.25, 0.3) is 0 Å². The Kier molecular flexibility index (Phi) is 5.52. The largest absolute Gasteiger partial charge is 0.348 e. The predicted molar refractivity (Wildman–Crippen MR) is 104 cm³/mol. The number of amides is 1. The lowest BCUT2D eigenvalue weighted by Gasteiger charge is -2.19. The minimum atomic E-state index is -3.70. The Hall–Kier alpha value is -3.19. The standard InChI is InChI=1S/C20H19N3O3S/c1-23(18-5-3-2-4-6-18)27(25,26)19-9-7-17(8-10-19)20(24)22-15-16-11-13-21-14-12-16/h2-14H,15H2,1H3,(H,22,24). The van der Waals surface area contributed by atoms with Crippen molar-refractivity contribution >= 4 is 21.6 Å². The molecule has 0 radical (unpaired) electrons. The van der Waals surface area contributed by atoms with Gasteiger partial charge in [-0.05, 0) is 54.1 Å². The third-order valence-corrected chi connectivity index (χ3v) is 5.90. The van der Waals surface area contributed by atoms with Gasteiger partial charge in [-0.25, -0.2) is 8.42 Å². The highest BCUT2D eigenvalue weighted by Gasteiger charge is 2.21. The second-order valence-electron chi connectivity index (χ2n) is 5.87. The Labute approximate surface area is 158 Å². The first kappa shape index (κ1) is 18.6. The molecule has 1 heterocycles. The molecule has 0 aliphatic rings. The van der Waals surface area contributed by atoms with Gasteiger partial charge in [-0.3, -0.25) is 14.1 Å². The fourth-order valence-corrected chi connectivity index (χ4v) is 3.69. The van der Waals surface area contributed by atoms with Gasteiger partial charge in [0.2, 0.25) is 0 Å². The molecule has 1 aromatic heterocycles. The molecule has 0 aliphatic carbocycles. The fourth-order valence-electron chi connectivity index (χ4n) is 2.50.